The summed E-state index contributed by atoms with van der Waals surface area (Å²) in [6.07, 6.45) is -1.28. The molecule has 1 fully saturated rings. The van der Waals surface area contributed by atoms with Crippen LogP contribution in [0.5, 0.6) is 0 Å². The highest BCUT2D eigenvalue weighted by Crippen LogP contribution is 2.29. The molecule has 9 heteroatoms. The number of imidazole rings is 1. The Kier molecular flexibility index (Phi) is 5.17. The Morgan fingerprint density at radius 1 is 1.18 bits per heavy atom. The number of fused-ring (bicyclic) bond motifs is 1. The molecule has 4 rings (SSSR count). The zero-order valence-corrected chi connectivity index (χ0v) is 15.2. The molecule has 1 saturated heterocycles. The van der Waals surface area contributed by atoms with E-state index in [1.807, 2.05) is 18.2 Å². The summed E-state index contributed by atoms with van der Waals surface area (Å²) in [7, 11) is 0. The molecule has 0 amide bonds. The van der Waals surface area contributed by atoms with Crippen LogP contribution in [0.3, 0.4) is 0 Å². The molecule has 0 radical (unpaired) electrons. The zero-order chi connectivity index (χ0) is 19.6. The number of alkyl halides is 3. The summed E-state index contributed by atoms with van der Waals surface area (Å²) in [4.78, 5) is 16.2. The number of anilines is 1. The number of hydrogen-bond donors (Lipinski definition) is 2. The lowest BCUT2D eigenvalue weighted by Gasteiger charge is -2.17. The largest absolute Gasteiger partial charge is 0.451 e. The predicted octanol–water partition coefficient (Wildman–Crippen LogP) is 3.35. The SMILES string of the molecule is FC(F)(F)c1nc(NCC2CCN(CCc3ccccc3)C2)c2[nH]cnc2n1. The van der Waals surface area contributed by atoms with Gasteiger partial charge in [0.1, 0.15) is 5.52 Å². The lowest BCUT2D eigenvalue weighted by atomic mass is 10.1. The minimum atomic E-state index is -4.61. The molecule has 2 N–H and O–H groups in total. The quantitative estimate of drug-likeness (QED) is 0.676. The summed E-state index contributed by atoms with van der Waals surface area (Å²) in [6.45, 7) is 3.46. The normalized spacial score (nSPS) is 18.0. The molecule has 3 heterocycles. The first kappa shape index (κ1) is 18.7. The fourth-order valence-electron chi connectivity index (χ4n) is 3.54. The minimum absolute atomic E-state index is 0.0146. The first-order valence-corrected chi connectivity index (χ1v) is 9.27. The lowest BCUT2D eigenvalue weighted by molar-refractivity contribution is -0.144. The second-order valence-electron chi connectivity index (χ2n) is 7.07. The summed E-state index contributed by atoms with van der Waals surface area (Å²) in [6, 6.07) is 10.3. The van der Waals surface area contributed by atoms with Crippen LogP contribution in [-0.2, 0) is 12.6 Å². The fourth-order valence-corrected chi connectivity index (χ4v) is 3.54. The van der Waals surface area contributed by atoms with Crippen LogP contribution in [0.1, 0.15) is 17.8 Å². The number of nitrogens with zero attached hydrogens (tertiary/aromatic N) is 4. The predicted molar refractivity (Wildman–Crippen MR) is 99.9 cm³/mol. The Morgan fingerprint density at radius 2 is 2.00 bits per heavy atom. The molecular formula is C19H21F3N6. The van der Waals surface area contributed by atoms with Gasteiger partial charge in [-0.3, -0.25) is 0 Å². The lowest BCUT2D eigenvalue weighted by Crippen LogP contribution is -2.25. The van der Waals surface area contributed by atoms with Crippen LogP contribution in [-0.4, -0.2) is 51.0 Å². The Bertz CT molecular complexity index is 924. The molecule has 0 aliphatic carbocycles. The molecule has 1 aromatic carbocycles. The monoisotopic (exact) mass is 390 g/mol. The first-order chi connectivity index (χ1) is 13.5. The van der Waals surface area contributed by atoms with E-state index in [1.54, 1.807) is 0 Å². The second kappa shape index (κ2) is 7.75. The molecule has 1 aliphatic heterocycles. The van der Waals surface area contributed by atoms with Crippen LogP contribution < -0.4 is 5.32 Å². The van der Waals surface area contributed by atoms with Gasteiger partial charge in [-0.2, -0.15) is 13.2 Å². The number of aromatic amines is 1. The molecule has 1 unspecified atom stereocenters. The van der Waals surface area contributed by atoms with Crippen molar-refractivity contribution < 1.29 is 13.2 Å². The van der Waals surface area contributed by atoms with Gasteiger partial charge in [0, 0.05) is 19.6 Å². The van der Waals surface area contributed by atoms with Crippen LogP contribution >= 0.6 is 0 Å². The molecule has 148 valence electrons. The van der Waals surface area contributed by atoms with E-state index in [0.717, 1.165) is 32.5 Å². The number of rotatable bonds is 6. The van der Waals surface area contributed by atoms with Crippen molar-refractivity contribution in [2.45, 2.75) is 19.0 Å². The molecule has 0 saturated carbocycles. The Hall–Kier alpha value is -2.68. The Morgan fingerprint density at radius 3 is 2.79 bits per heavy atom. The number of hydrogen-bond acceptors (Lipinski definition) is 5. The Labute approximate surface area is 160 Å². The number of nitrogens with one attached hydrogen (secondary N) is 2. The average molecular weight is 390 g/mol. The number of H-pyrrole nitrogens is 1. The van der Waals surface area contributed by atoms with Crippen molar-refractivity contribution >= 4 is 17.0 Å². The van der Waals surface area contributed by atoms with Gasteiger partial charge >= 0.3 is 6.18 Å². The first-order valence-electron chi connectivity index (χ1n) is 9.27. The summed E-state index contributed by atoms with van der Waals surface area (Å²) >= 11 is 0. The molecule has 2 aromatic heterocycles. The van der Waals surface area contributed by atoms with Crippen molar-refractivity contribution in [1.29, 1.82) is 0 Å². The highest BCUT2D eigenvalue weighted by Gasteiger charge is 2.36. The standard InChI is InChI=1S/C19H21F3N6/c20-19(21,22)18-26-16(15-17(27-18)25-12-24-15)23-10-14-7-9-28(11-14)8-6-13-4-2-1-3-5-13/h1-5,12,14H,6-11H2,(H2,23,24,25,26,27). The smallest absolute Gasteiger partial charge is 0.368 e. The van der Waals surface area contributed by atoms with E-state index in [0.29, 0.717) is 18.0 Å². The average Bonchev–Trinajstić information content (AvgIpc) is 3.33. The van der Waals surface area contributed by atoms with Crippen LogP contribution in [0, 0.1) is 5.92 Å². The van der Waals surface area contributed by atoms with Crippen molar-refractivity contribution in [2.75, 3.05) is 31.5 Å². The molecule has 6 nitrogen and oxygen atoms in total. The number of benzene rings is 1. The molecular weight excluding hydrogens is 369 g/mol. The van der Waals surface area contributed by atoms with E-state index in [2.05, 4.69) is 42.3 Å². The van der Waals surface area contributed by atoms with Gasteiger partial charge < -0.3 is 15.2 Å². The summed E-state index contributed by atoms with van der Waals surface area (Å²) < 4.78 is 39.1. The topological polar surface area (TPSA) is 69.7 Å². The van der Waals surface area contributed by atoms with E-state index >= 15 is 0 Å². The van der Waals surface area contributed by atoms with Crippen LogP contribution in [0.25, 0.3) is 11.2 Å². The van der Waals surface area contributed by atoms with E-state index in [9.17, 15) is 13.2 Å². The third kappa shape index (κ3) is 4.24. The molecule has 0 bridgehead atoms. The minimum Gasteiger partial charge on any atom is -0.368 e. The summed E-state index contributed by atoms with van der Waals surface area (Å²) in [5.41, 5.74) is 1.72. The maximum absolute atomic E-state index is 13.0. The van der Waals surface area contributed by atoms with Crippen molar-refractivity contribution in [3.8, 4) is 0 Å². The van der Waals surface area contributed by atoms with Crippen molar-refractivity contribution in [2.24, 2.45) is 5.92 Å². The van der Waals surface area contributed by atoms with Crippen LogP contribution in [0.2, 0.25) is 0 Å². The maximum Gasteiger partial charge on any atom is 0.451 e. The van der Waals surface area contributed by atoms with Gasteiger partial charge in [0.2, 0.25) is 5.82 Å². The van der Waals surface area contributed by atoms with Gasteiger partial charge in [-0.25, -0.2) is 15.0 Å². The van der Waals surface area contributed by atoms with Gasteiger partial charge in [-0.15, -0.1) is 0 Å². The van der Waals surface area contributed by atoms with E-state index in [1.165, 1.54) is 11.9 Å². The number of likely N-dealkylation sites (tertiary alicyclic amines) is 1. The fraction of sp³-hybridized carbons (Fsp3) is 0.421. The van der Waals surface area contributed by atoms with Gasteiger partial charge in [0.25, 0.3) is 0 Å². The van der Waals surface area contributed by atoms with E-state index < -0.39 is 12.0 Å². The summed E-state index contributed by atoms with van der Waals surface area (Å²) in [5, 5.41) is 3.07. The number of halogens is 3. The maximum atomic E-state index is 13.0. The highest BCUT2D eigenvalue weighted by molar-refractivity contribution is 5.82. The van der Waals surface area contributed by atoms with Crippen molar-refractivity contribution in [3.63, 3.8) is 0 Å². The third-order valence-electron chi connectivity index (χ3n) is 5.03. The Balaban J connectivity index is 1.35. The van der Waals surface area contributed by atoms with Gasteiger partial charge in [0.15, 0.2) is 11.5 Å². The van der Waals surface area contributed by atoms with E-state index in [4.69, 9.17) is 0 Å². The van der Waals surface area contributed by atoms with Crippen LogP contribution in [0.15, 0.2) is 36.7 Å². The van der Waals surface area contributed by atoms with Crippen molar-refractivity contribution in [3.05, 3.63) is 48.0 Å². The van der Waals surface area contributed by atoms with Gasteiger partial charge in [0.05, 0.1) is 6.33 Å². The molecule has 0 spiro atoms. The van der Waals surface area contributed by atoms with E-state index in [-0.39, 0.29) is 11.5 Å². The summed E-state index contributed by atoms with van der Waals surface area (Å²) in [5.74, 6) is -0.666. The molecule has 1 aliphatic rings. The van der Waals surface area contributed by atoms with Gasteiger partial charge in [-0.05, 0) is 30.9 Å². The molecule has 28 heavy (non-hydrogen) atoms. The third-order valence-corrected chi connectivity index (χ3v) is 5.03. The second-order valence-corrected chi connectivity index (χ2v) is 7.07. The van der Waals surface area contributed by atoms with Gasteiger partial charge in [-0.1, -0.05) is 30.3 Å². The zero-order valence-electron chi connectivity index (χ0n) is 15.2. The molecule has 3 aromatic rings. The van der Waals surface area contributed by atoms with Crippen molar-refractivity contribution in [1.82, 2.24) is 24.8 Å². The molecule has 1 atom stereocenters. The van der Waals surface area contributed by atoms with Crippen LogP contribution in [0.4, 0.5) is 19.0 Å². The highest BCUT2D eigenvalue weighted by atomic mass is 19.4. The number of aromatic nitrogens is 4.